The number of aromatic amines is 1. The van der Waals surface area contributed by atoms with Gasteiger partial charge in [-0.25, -0.2) is 0 Å². The van der Waals surface area contributed by atoms with Crippen LogP contribution >= 0.6 is 0 Å². The van der Waals surface area contributed by atoms with Gasteiger partial charge in [0.2, 0.25) is 5.91 Å². The third-order valence-electron chi connectivity index (χ3n) is 5.39. The summed E-state index contributed by atoms with van der Waals surface area (Å²) in [6, 6.07) is 9.93. The minimum Gasteiger partial charge on any atom is -0.379 e. The lowest BCUT2D eigenvalue weighted by atomic mass is 10.00. The number of aromatic nitrogens is 3. The molecule has 0 radical (unpaired) electrons. The molecule has 0 atom stereocenters. The number of nitrogens with one attached hydrogen (secondary N) is 2. The number of carbonyl (C=O) groups excluding carboxylic acids is 1. The molecule has 31 heavy (non-hydrogen) atoms. The molecule has 0 saturated carbocycles. The van der Waals surface area contributed by atoms with Crippen LogP contribution in [-0.4, -0.2) is 52.3 Å². The van der Waals surface area contributed by atoms with E-state index in [9.17, 15) is 4.79 Å². The van der Waals surface area contributed by atoms with Gasteiger partial charge in [-0.05, 0) is 49.2 Å². The van der Waals surface area contributed by atoms with Crippen LogP contribution in [0.4, 0.5) is 5.69 Å². The summed E-state index contributed by atoms with van der Waals surface area (Å²) >= 11 is 0. The molecule has 1 saturated heterocycles. The number of benzene rings is 1. The first-order valence-corrected chi connectivity index (χ1v) is 10.4. The normalized spacial score (nSPS) is 14.8. The summed E-state index contributed by atoms with van der Waals surface area (Å²) in [6.07, 6.45) is 6.83. The molecule has 1 fully saturated rings. The topological polar surface area (TPSA) is 83.1 Å². The van der Waals surface area contributed by atoms with Crippen molar-refractivity contribution in [2.24, 2.45) is 0 Å². The van der Waals surface area contributed by atoms with E-state index in [0.29, 0.717) is 0 Å². The number of rotatable bonds is 6. The zero-order chi connectivity index (χ0) is 21.6. The molecule has 3 aromatic rings. The number of hydrogen-bond donors (Lipinski definition) is 2. The van der Waals surface area contributed by atoms with Gasteiger partial charge in [0, 0.05) is 60.6 Å². The van der Waals surface area contributed by atoms with Crippen molar-refractivity contribution in [1.82, 2.24) is 20.1 Å². The highest BCUT2D eigenvalue weighted by Gasteiger charge is 2.12. The molecule has 1 aliphatic heterocycles. The standard InChI is InChI=1S/C24H27N5O2/c1-17-24(18(2)28-27-17)22-9-10-25-15-20(22)5-8-23(30)26-21-6-3-19(4-7-21)16-29-11-13-31-14-12-29/h3-10,15H,11-14,16H2,1-2H3,(H,26,30)(H,27,28). The minimum atomic E-state index is -0.184. The average Bonchev–Trinajstić information content (AvgIpc) is 3.12. The third-order valence-corrected chi connectivity index (χ3v) is 5.39. The Morgan fingerprint density at radius 1 is 1.19 bits per heavy atom. The molecular weight excluding hydrogens is 390 g/mol. The van der Waals surface area contributed by atoms with Crippen molar-refractivity contribution in [3.63, 3.8) is 0 Å². The Hall–Kier alpha value is -3.29. The zero-order valence-electron chi connectivity index (χ0n) is 17.9. The first-order chi connectivity index (χ1) is 15.1. The number of nitrogens with zero attached hydrogens (tertiary/aromatic N) is 3. The third kappa shape index (κ3) is 5.25. The van der Waals surface area contributed by atoms with E-state index in [1.807, 2.05) is 32.0 Å². The highest BCUT2D eigenvalue weighted by atomic mass is 16.5. The number of pyridine rings is 1. The Bertz CT molecular complexity index is 1050. The molecule has 1 aliphatic rings. The molecule has 1 aromatic carbocycles. The summed E-state index contributed by atoms with van der Waals surface area (Å²) in [5, 5.41) is 10.2. The number of carbonyl (C=O) groups is 1. The molecule has 7 heteroatoms. The number of hydrogen-bond acceptors (Lipinski definition) is 5. The Kier molecular flexibility index (Phi) is 6.54. The molecule has 0 aliphatic carbocycles. The van der Waals surface area contributed by atoms with Gasteiger partial charge in [-0.1, -0.05) is 12.1 Å². The number of ether oxygens (including phenoxy) is 1. The Balaban J connectivity index is 1.40. The number of anilines is 1. The Morgan fingerprint density at radius 2 is 1.97 bits per heavy atom. The van der Waals surface area contributed by atoms with Crippen LogP contribution in [0, 0.1) is 13.8 Å². The fourth-order valence-corrected chi connectivity index (χ4v) is 3.78. The van der Waals surface area contributed by atoms with E-state index in [-0.39, 0.29) is 5.91 Å². The number of amides is 1. The lowest BCUT2D eigenvalue weighted by Gasteiger charge is -2.26. The van der Waals surface area contributed by atoms with E-state index in [2.05, 4.69) is 37.5 Å². The first-order valence-electron chi connectivity index (χ1n) is 10.4. The summed E-state index contributed by atoms with van der Waals surface area (Å²) in [7, 11) is 0. The van der Waals surface area contributed by atoms with Crippen LogP contribution in [0.5, 0.6) is 0 Å². The van der Waals surface area contributed by atoms with Crippen molar-refractivity contribution in [2.75, 3.05) is 31.6 Å². The van der Waals surface area contributed by atoms with Gasteiger partial charge in [-0.2, -0.15) is 5.10 Å². The number of morpholine rings is 1. The smallest absolute Gasteiger partial charge is 0.248 e. The Labute approximate surface area is 182 Å². The predicted molar refractivity (Wildman–Crippen MR) is 121 cm³/mol. The molecule has 3 heterocycles. The van der Waals surface area contributed by atoms with Crippen molar-refractivity contribution >= 4 is 17.7 Å². The maximum atomic E-state index is 12.5. The second-order valence-corrected chi connectivity index (χ2v) is 7.68. The fourth-order valence-electron chi connectivity index (χ4n) is 3.78. The molecule has 4 rings (SSSR count). The lowest BCUT2D eigenvalue weighted by molar-refractivity contribution is -0.111. The van der Waals surface area contributed by atoms with Crippen molar-refractivity contribution in [3.05, 3.63) is 71.3 Å². The highest BCUT2D eigenvalue weighted by molar-refractivity contribution is 6.02. The van der Waals surface area contributed by atoms with Gasteiger partial charge in [0.05, 0.1) is 18.9 Å². The number of aryl methyl sites for hydroxylation is 2. The first kappa shape index (κ1) is 21.0. The maximum Gasteiger partial charge on any atom is 0.248 e. The number of H-pyrrole nitrogens is 1. The average molecular weight is 418 g/mol. The van der Waals surface area contributed by atoms with Crippen LogP contribution in [0.3, 0.4) is 0 Å². The molecule has 1 amide bonds. The van der Waals surface area contributed by atoms with Crippen molar-refractivity contribution in [1.29, 1.82) is 0 Å². The zero-order valence-corrected chi connectivity index (χ0v) is 17.9. The molecule has 2 aromatic heterocycles. The van der Waals surface area contributed by atoms with E-state index in [0.717, 1.165) is 66.6 Å². The van der Waals surface area contributed by atoms with Gasteiger partial charge in [-0.15, -0.1) is 0 Å². The molecule has 0 bridgehead atoms. The van der Waals surface area contributed by atoms with Crippen molar-refractivity contribution < 1.29 is 9.53 Å². The highest BCUT2D eigenvalue weighted by Crippen LogP contribution is 2.28. The minimum absolute atomic E-state index is 0.184. The van der Waals surface area contributed by atoms with Crippen LogP contribution in [0.25, 0.3) is 17.2 Å². The molecule has 2 N–H and O–H groups in total. The van der Waals surface area contributed by atoms with Crippen LogP contribution in [0.15, 0.2) is 48.8 Å². The molecular formula is C24H27N5O2. The van der Waals surface area contributed by atoms with Crippen molar-refractivity contribution in [3.8, 4) is 11.1 Å². The van der Waals surface area contributed by atoms with Gasteiger partial charge in [0.25, 0.3) is 0 Å². The van der Waals surface area contributed by atoms with Gasteiger partial charge in [0.1, 0.15) is 0 Å². The van der Waals surface area contributed by atoms with Crippen LogP contribution < -0.4 is 5.32 Å². The second kappa shape index (κ2) is 9.68. The van der Waals surface area contributed by atoms with E-state index < -0.39 is 0 Å². The largest absolute Gasteiger partial charge is 0.379 e. The quantitative estimate of drug-likeness (QED) is 0.599. The predicted octanol–water partition coefficient (Wildman–Crippen LogP) is 3.57. The summed E-state index contributed by atoms with van der Waals surface area (Å²) in [5.41, 5.74) is 6.80. The van der Waals surface area contributed by atoms with Crippen LogP contribution in [0.1, 0.15) is 22.5 Å². The van der Waals surface area contributed by atoms with E-state index in [4.69, 9.17) is 4.74 Å². The Morgan fingerprint density at radius 3 is 2.68 bits per heavy atom. The van der Waals surface area contributed by atoms with Crippen LogP contribution in [0.2, 0.25) is 0 Å². The van der Waals surface area contributed by atoms with E-state index in [1.165, 1.54) is 11.6 Å². The van der Waals surface area contributed by atoms with Crippen LogP contribution in [-0.2, 0) is 16.1 Å². The maximum absolute atomic E-state index is 12.5. The summed E-state index contributed by atoms with van der Waals surface area (Å²) in [6.45, 7) is 8.33. The second-order valence-electron chi connectivity index (χ2n) is 7.68. The van der Waals surface area contributed by atoms with Gasteiger partial charge >= 0.3 is 0 Å². The van der Waals surface area contributed by atoms with Gasteiger partial charge < -0.3 is 10.1 Å². The summed E-state index contributed by atoms with van der Waals surface area (Å²) < 4.78 is 5.39. The molecule has 0 spiro atoms. The van der Waals surface area contributed by atoms with E-state index in [1.54, 1.807) is 18.5 Å². The van der Waals surface area contributed by atoms with Gasteiger partial charge in [-0.3, -0.25) is 19.8 Å². The lowest BCUT2D eigenvalue weighted by Crippen LogP contribution is -2.35. The molecule has 160 valence electrons. The summed E-state index contributed by atoms with van der Waals surface area (Å²) in [4.78, 5) is 19.0. The van der Waals surface area contributed by atoms with Crippen molar-refractivity contribution in [2.45, 2.75) is 20.4 Å². The van der Waals surface area contributed by atoms with Gasteiger partial charge in [0.15, 0.2) is 0 Å². The molecule has 0 unspecified atom stereocenters. The monoisotopic (exact) mass is 417 g/mol. The summed E-state index contributed by atoms with van der Waals surface area (Å²) in [5.74, 6) is -0.184. The fraction of sp³-hybridized carbons (Fsp3) is 0.292. The molecule has 7 nitrogen and oxygen atoms in total. The van der Waals surface area contributed by atoms with E-state index >= 15 is 0 Å². The SMILES string of the molecule is Cc1n[nH]c(C)c1-c1ccncc1C=CC(=O)Nc1ccc(CN2CCOCC2)cc1.